The number of carbonyl (C=O) groups is 2. The fourth-order valence-electron chi connectivity index (χ4n) is 3.49. The van der Waals surface area contributed by atoms with Crippen molar-refractivity contribution in [3.05, 3.63) is 0 Å². The topological polar surface area (TPSA) is 69.6 Å². The maximum atomic E-state index is 12.5. The van der Waals surface area contributed by atoms with Crippen LogP contribution in [0.4, 0.5) is 4.79 Å². The number of urea groups is 1. The molecule has 20 heavy (non-hydrogen) atoms. The van der Waals surface area contributed by atoms with E-state index in [0.29, 0.717) is 17.9 Å². The Hall–Kier alpha value is -1.26. The highest BCUT2D eigenvalue weighted by atomic mass is 16.4. The molecule has 0 spiro atoms. The lowest BCUT2D eigenvalue weighted by molar-refractivity contribution is -0.138. The molecule has 112 valence electrons. The van der Waals surface area contributed by atoms with Crippen molar-refractivity contribution in [2.45, 2.75) is 63.5 Å². The molecule has 0 saturated heterocycles. The molecule has 5 heteroatoms. The lowest BCUT2D eigenvalue weighted by Crippen LogP contribution is -2.51. The second-order valence-corrected chi connectivity index (χ2v) is 6.61. The zero-order chi connectivity index (χ0) is 14.1. The predicted molar refractivity (Wildman–Crippen MR) is 74.4 cm³/mol. The highest BCUT2D eigenvalue weighted by molar-refractivity contribution is 5.80. The van der Waals surface area contributed by atoms with E-state index in [1.807, 2.05) is 0 Å². The third-order valence-electron chi connectivity index (χ3n) is 4.88. The van der Waals surface area contributed by atoms with Crippen molar-refractivity contribution in [2.75, 3.05) is 6.54 Å². The molecule has 3 fully saturated rings. The number of hydrogen-bond acceptors (Lipinski definition) is 2. The number of carbonyl (C=O) groups excluding carboxylic acids is 1. The van der Waals surface area contributed by atoms with E-state index in [1.165, 1.54) is 25.7 Å². The van der Waals surface area contributed by atoms with E-state index in [0.717, 1.165) is 25.7 Å². The highest BCUT2D eigenvalue weighted by Gasteiger charge is 2.43. The summed E-state index contributed by atoms with van der Waals surface area (Å²) in [4.78, 5) is 25.1. The monoisotopic (exact) mass is 280 g/mol. The summed E-state index contributed by atoms with van der Waals surface area (Å²) < 4.78 is 0. The van der Waals surface area contributed by atoms with E-state index >= 15 is 0 Å². The molecule has 5 nitrogen and oxygen atoms in total. The van der Waals surface area contributed by atoms with Crippen LogP contribution in [0.5, 0.6) is 0 Å². The molecular weight excluding hydrogens is 256 g/mol. The first kappa shape index (κ1) is 13.7. The second kappa shape index (κ2) is 5.62. The predicted octanol–water partition coefficient (Wildman–Crippen LogP) is 2.21. The van der Waals surface area contributed by atoms with E-state index in [4.69, 9.17) is 5.11 Å². The average molecular weight is 280 g/mol. The number of carboxylic acid groups (broad SMARTS) is 1. The van der Waals surface area contributed by atoms with Crippen molar-refractivity contribution >= 4 is 12.0 Å². The number of amides is 2. The molecule has 0 unspecified atom stereocenters. The van der Waals surface area contributed by atoms with Gasteiger partial charge in [0, 0.05) is 12.1 Å². The lowest BCUT2D eigenvalue weighted by atomic mass is 10.1. The van der Waals surface area contributed by atoms with Crippen LogP contribution >= 0.6 is 0 Å². The van der Waals surface area contributed by atoms with Crippen molar-refractivity contribution < 1.29 is 14.7 Å². The Morgan fingerprint density at radius 2 is 1.60 bits per heavy atom. The molecule has 3 rings (SSSR count). The Kier molecular flexibility index (Phi) is 3.85. The van der Waals surface area contributed by atoms with Crippen LogP contribution in [0.15, 0.2) is 0 Å². The van der Waals surface area contributed by atoms with E-state index in [1.54, 1.807) is 4.90 Å². The van der Waals surface area contributed by atoms with Crippen LogP contribution in [-0.4, -0.2) is 40.6 Å². The Labute approximate surface area is 119 Å². The van der Waals surface area contributed by atoms with Crippen molar-refractivity contribution in [3.63, 3.8) is 0 Å². The number of aliphatic carboxylic acids is 1. The minimum absolute atomic E-state index is 0.116. The third kappa shape index (κ3) is 3.25. The first-order valence-electron chi connectivity index (χ1n) is 7.94. The third-order valence-corrected chi connectivity index (χ3v) is 4.88. The summed E-state index contributed by atoms with van der Waals surface area (Å²) in [6.07, 6.45) is 8.93. The highest BCUT2D eigenvalue weighted by Crippen LogP contribution is 2.44. The van der Waals surface area contributed by atoms with Gasteiger partial charge in [0.05, 0.1) is 0 Å². The summed E-state index contributed by atoms with van der Waals surface area (Å²) in [5.41, 5.74) is 0. The molecule has 0 radical (unpaired) electrons. The zero-order valence-electron chi connectivity index (χ0n) is 11.9. The van der Waals surface area contributed by atoms with Crippen LogP contribution in [0.1, 0.15) is 51.4 Å². The summed E-state index contributed by atoms with van der Waals surface area (Å²) in [5.74, 6) is 0.366. The largest absolute Gasteiger partial charge is 0.480 e. The molecule has 2 N–H and O–H groups in total. The van der Waals surface area contributed by atoms with Gasteiger partial charge in [-0.1, -0.05) is 12.8 Å². The zero-order valence-corrected chi connectivity index (χ0v) is 11.9. The van der Waals surface area contributed by atoms with Gasteiger partial charge in [-0.25, -0.2) is 4.79 Å². The number of nitrogens with zero attached hydrogens (tertiary/aromatic N) is 1. The van der Waals surface area contributed by atoms with Crippen LogP contribution in [0.25, 0.3) is 0 Å². The van der Waals surface area contributed by atoms with Gasteiger partial charge in [0.15, 0.2) is 0 Å². The van der Waals surface area contributed by atoms with Crippen molar-refractivity contribution in [2.24, 2.45) is 11.8 Å². The van der Waals surface area contributed by atoms with Gasteiger partial charge in [-0.05, 0) is 50.4 Å². The van der Waals surface area contributed by atoms with Gasteiger partial charge in [-0.2, -0.15) is 0 Å². The van der Waals surface area contributed by atoms with Crippen LogP contribution in [0, 0.1) is 11.8 Å². The first-order chi connectivity index (χ1) is 9.65. The van der Waals surface area contributed by atoms with E-state index in [2.05, 4.69) is 5.32 Å². The summed E-state index contributed by atoms with van der Waals surface area (Å²) in [7, 11) is 0. The molecule has 0 aromatic heterocycles. The van der Waals surface area contributed by atoms with Crippen LogP contribution < -0.4 is 5.32 Å². The first-order valence-corrected chi connectivity index (χ1v) is 7.94. The molecule has 3 saturated carbocycles. The maximum absolute atomic E-state index is 12.5. The number of rotatable bonds is 6. The van der Waals surface area contributed by atoms with E-state index in [9.17, 15) is 9.59 Å². The van der Waals surface area contributed by atoms with Gasteiger partial charge in [-0.3, -0.25) is 4.79 Å². The van der Waals surface area contributed by atoms with Gasteiger partial charge < -0.3 is 15.3 Å². The normalized spacial score (nSPS) is 23.1. The van der Waals surface area contributed by atoms with Gasteiger partial charge in [-0.15, -0.1) is 0 Å². The van der Waals surface area contributed by atoms with Crippen molar-refractivity contribution in [1.29, 1.82) is 0 Å². The molecular formula is C15H24N2O3. The Morgan fingerprint density at radius 3 is 2.05 bits per heavy atom. The molecule has 3 aliphatic carbocycles. The number of carboxylic acids is 1. The lowest BCUT2D eigenvalue weighted by Gasteiger charge is -2.30. The van der Waals surface area contributed by atoms with Crippen LogP contribution in [0.2, 0.25) is 0 Å². The van der Waals surface area contributed by atoms with Gasteiger partial charge in [0.1, 0.15) is 6.54 Å². The van der Waals surface area contributed by atoms with Gasteiger partial charge in [0.2, 0.25) is 0 Å². The molecule has 0 atom stereocenters. The quantitative estimate of drug-likeness (QED) is 0.783. The molecule has 3 aliphatic rings. The average Bonchev–Trinajstić information content (AvgIpc) is 3.33. The molecule has 0 heterocycles. The molecule has 0 bridgehead atoms. The molecule has 0 aromatic carbocycles. The van der Waals surface area contributed by atoms with Gasteiger partial charge in [0.25, 0.3) is 0 Å². The SMILES string of the molecule is O=C(O)CN(C(=O)NC(C1CC1)C1CC1)C1CCCC1. The molecule has 2 amide bonds. The van der Waals surface area contributed by atoms with Crippen molar-refractivity contribution in [3.8, 4) is 0 Å². The Morgan fingerprint density at radius 1 is 1.05 bits per heavy atom. The second-order valence-electron chi connectivity index (χ2n) is 6.61. The standard InChI is InChI=1S/C15H24N2O3/c18-13(19)9-17(12-3-1-2-4-12)15(20)16-14(10-5-6-10)11-7-8-11/h10-12,14H,1-9H2,(H,16,20)(H,18,19). The molecule has 0 aliphatic heterocycles. The van der Waals surface area contributed by atoms with Crippen LogP contribution in [-0.2, 0) is 4.79 Å². The number of hydrogen-bond donors (Lipinski definition) is 2. The number of nitrogens with one attached hydrogen (secondary N) is 1. The summed E-state index contributed by atoms with van der Waals surface area (Å²) in [5, 5.41) is 12.2. The summed E-state index contributed by atoms with van der Waals surface area (Å²) in [6.45, 7) is -0.168. The summed E-state index contributed by atoms with van der Waals surface area (Å²) >= 11 is 0. The van der Waals surface area contributed by atoms with Crippen LogP contribution in [0.3, 0.4) is 0 Å². The van der Waals surface area contributed by atoms with Gasteiger partial charge >= 0.3 is 12.0 Å². The Bertz CT molecular complexity index is 373. The minimum Gasteiger partial charge on any atom is -0.480 e. The molecule has 0 aromatic rings. The van der Waals surface area contributed by atoms with Crippen molar-refractivity contribution in [1.82, 2.24) is 10.2 Å². The maximum Gasteiger partial charge on any atom is 0.323 e. The minimum atomic E-state index is -0.915. The fourth-order valence-corrected chi connectivity index (χ4v) is 3.49. The smallest absolute Gasteiger partial charge is 0.323 e. The van der Waals surface area contributed by atoms with E-state index in [-0.39, 0.29) is 18.6 Å². The Balaban J connectivity index is 1.62. The fraction of sp³-hybridized carbons (Fsp3) is 0.867. The summed E-state index contributed by atoms with van der Waals surface area (Å²) in [6, 6.07) is 0.258. The van der Waals surface area contributed by atoms with E-state index < -0.39 is 5.97 Å².